The lowest BCUT2D eigenvalue weighted by Crippen LogP contribution is -2.37. The lowest BCUT2D eigenvalue weighted by atomic mass is 9.70. The van der Waals surface area contributed by atoms with Crippen molar-refractivity contribution in [3.8, 4) is 0 Å². The minimum absolute atomic E-state index is 0. The molecule has 0 radical (unpaired) electrons. The van der Waals surface area contributed by atoms with Gasteiger partial charge in [0.05, 0.1) is 0 Å². The van der Waals surface area contributed by atoms with Crippen molar-refractivity contribution in [2.45, 2.75) is 39.7 Å². The second-order valence-corrected chi connectivity index (χ2v) is 5.36. The van der Waals surface area contributed by atoms with Gasteiger partial charge in [-0.05, 0) is 31.2 Å². The van der Waals surface area contributed by atoms with Gasteiger partial charge in [0, 0.05) is 18.7 Å². The summed E-state index contributed by atoms with van der Waals surface area (Å²) in [6.07, 6.45) is 3.95. The molecule has 3 heteroatoms. The second-order valence-electron chi connectivity index (χ2n) is 5.36. The van der Waals surface area contributed by atoms with Gasteiger partial charge in [0.1, 0.15) is 5.82 Å². The molecule has 1 fully saturated rings. The molecule has 1 aromatic rings. The van der Waals surface area contributed by atoms with E-state index in [1.807, 2.05) is 19.1 Å². The zero-order valence-corrected chi connectivity index (χ0v) is 11.4. The molecule has 1 saturated carbocycles. The van der Waals surface area contributed by atoms with Gasteiger partial charge in [-0.25, -0.2) is 4.39 Å². The number of benzene rings is 1. The third-order valence-electron chi connectivity index (χ3n) is 3.63. The zero-order chi connectivity index (χ0) is 11.6. The van der Waals surface area contributed by atoms with Gasteiger partial charge >= 0.3 is 0 Å². The highest BCUT2D eigenvalue weighted by Crippen LogP contribution is 2.39. The molecule has 0 spiro atoms. The van der Waals surface area contributed by atoms with Crippen LogP contribution < -0.4 is 5.32 Å². The Morgan fingerprint density at radius 3 is 2.65 bits per heavy atom. The van der Waals surface area contributed by atoms with Gasteiger partial charge in [0.25, 0.3) is 0 Å². The van der Waals surface area contributed by atoms with Crippen LogP contribution in [-0.2, 0) is 6.54 Å². The van der Waals surface area contributed by atoms with Crippen LogP contribution in [0.4, 0.5) is 4.39 Å². The number of hydrogen-bond acceptors (Lipinski definition) is 1. The molecule has 0 unspecified atom stereocenters. The molecule has 96 valence electrons. The van der Waals surface area contributed by atoms with Crippen molar-refractivity contribution in [2.24, 2.45) is 5.41 Å². The summed E-state index contributed by atoms with van der Waals surface area (Å²) in [6, 6.07) is 5.29. The van der Waals surface area contributed by atoms with E-state index in [9.17, 15) is 4.39 Å². The molecule has 2 rings (SSSR count). The largest absolute Gasteiger partial charge is 0.312 e. The molecular weight excluding hydrogens is 237 g/mol. The topological polar surface area (TPSA) is 12.0 Å². The summed E-state index contributed by atoms with van der Waals surface area (Å²) in [7, 11) is 0. The van der Waals surface area contributed by atoms with Crippen LogP contribution in [0, 0.1) is 18.2 Å². The number of halogens is 2. The first-order chi connectivity index (χ1) is 7.59. The highest BCUT2D eigenvalue weighted by atomic mass is 35.5. The zero-order valence-electron chi connectivity index (χ0n) is 10.6. The SMILES string of the molecule is Cc1ccc(F)c(CNCC2(C)CCC2)c1.Cl. The maximum absolute atomic E-state index is 13.4. The summed E-state index contributed by atoms with van der Waals surface area (Å²) in [4.78, 5) is 0. The Bertz CT molecular complexity index is 374. The molecule has 0 saturated heterocycles. The quantitative estimate of drug-likeness (QED) is 0.864. The monoisotopic (exact) mass is 257 g/mol. The van der Waals surface area contributed by atoms with Crippen molar-refractivity contribution >= 4 is 12.4 Å². The molecule has 1 aromatic carbocycles. The molecular formula is C14H21ClFN. The van der Waals surface area contributed by atoms with Gasteiger partial charge in [-0.3, -0.25) is 0 Å². The fourth-order valence-corrected chi connectivity index (χ4v) is 2.30. The molecule has 0 aliphatic heterocycles. The lowest BCUT2D eigenvalue weighted by Gasteiger charge is -2.38. The van der Waals surface area contributed by atoms with Crippen LogP contribution in [0.3, 0.4) is 0 Å². The van der Waals surface area contributed by atoms with Crippen LogP contribution in [0.2, 0.25) is 0 Å². The first-order valence-electron chi connectivity index (χ1n) is 6.05. The minimum Gasteiger partial charge on any atom is -0.312 e. The number of hydrogen-bond donors (Lipinski definition) is 1. The fraction of sp³-hybridized carbons (Fsp3) is 0.571. The molecule has 17 heavy (non-hydrogen) atoms. The smallest absolute Gasteiger partial charge is 0.127 e. The number of aryl methyl sites for hydroxylation is 1. The second kappa shape index (κ2) is 5.83. The summed E-state index contributed by atoms with van der Waals surface area (Å²) in [6.45, 7) is 5.94. The Labute approximate surface area is 109 Å². The standard InChI is InChI=1S/C14H20FN.ClH/c1-11-4-5-13(15)12(8-11)9-16-10-14(2)6-3-7-14;/h4-5,8,16H,3,6-7,9-10H2,1-2H3;1H. The molecule has 1 aliphatic carbocycles. The lowest BCUT2D eigenvalue weighted by molar-refractivity contribution is 0.156. The van der Waals surface area contributed by atoms with Gasteiger partial charge in [0.15, 0.2) is 0 Å². The highest BCUT2D eigenvalue weighted by Gasteiger charge is 2.30. The predicted octanol–water partition coefficient (Wildman–Crippen LogP) is 3.84. The van der Waals surface area contributed by atoms with Gasteiger partial charge in [-0.2, -0.15) is 0 Å². The molecule has 0 bridgehead atoms. The summed E-state index contributed by atoms with van der Waals surface area (Å²) < 4.78 is 13.4. The van der Waals surface area contributed by atoms with E-state index in [0.29, 0.717) is 12.0 Å². The van der Waals surface area contributed by atoms with E-state index in [0.717, 1.165) is 17.7 Å². The molecule has 1 nitrogen and oxygen atoms in total. The van der Waals surface area contributed by atoms with Crippen LogP contribution in [0.5, 0.6) is 0 Å². The van der Waals surface area contributed by atoms with Crippen LogP contribution in [-0.4, -0.2) is 6.54 Å². The van der Waals surface area contributed by atoms with Gasteiger partial charge in [0.2, 0.25) is 0 Å². The Hall–Kier alpha value is -0.600. The van der Waals surface area contributed by atoms with Crippen molar-refractivity contribution in [1.82, 2.24) is 5.32 Å². The van der Waals surface area contributed by atoms with Crippen molar-refractivity contribution in [2.75, 3.05) is 6.54 Å². The Morgan fingerprint density at radius 2 is 2.06 bits per heavy atom. The molecule has 1 aliphatic rings. The van der Waals surface area contributed by atoms with Crippen LogP contribution in [0.15, 0.2) is 18.2 Å². The summed E-state index contributed by atoms with van der Waals surface area (Å²) >= 11 is 0. The van der Waals surface area contributed by atoms with Gasteiger partial charge in [-0.15, -0.1) is 12.4 Å². The van der Waals surface area contributed by atoms with E-state index in [1.165, 1.54) is 19.3 Å². The van der Waals surface area contributed by atoms with Crippen LogP contribution in [0.1, 0.15) is 37.3 Å². The normalized spacial score (nSPS) is 17.1. The average Bonchev–Trinajstić information content (AvgIpc) is 2.21. The Morgan fingerprint density at radius 1 is 1.35 bits per heavy atom. The first-order valence-corrected chi connectivity index (χ1v) is 6.05. The van der Waals surface area contributed by atoms with E-state index in [1.54, 1.807) is 6.07 Å². The third kappa shape index (κ3) is 3.68. The number of nitrogens with one attached hydrogen (secondary N) is 1. The van der Waals surface area contributed by atoms with E-state index < -0.39 is 0 Å². The maximum atomic E-state index is 13.4. The van der Waals surface area contributed by atoms with Crippen molar-refractivity contribution < 1.29 is 4.39 Å². The highest BCUT2D eigenvalue weighted by molar-refractivity contribution is 5.85. The van der Waals surface area contributed by atoms with Gasteiger partial charge in [-0.1, -0.05) is 31.0 Å². The van der Waals surface area contributed by atoms with E-state index in [4.69, 9.17) is 0 Å². The van der Waals surface area contributed by atoms with Crippen LogP contribution >= 0.6 is 12.4 Å². The van der Waals surface area contributed by atoms with E-state index in [2.05, 4.69) is 12.2 Å². The molecule has 0 heterocycles. The van der Waals surface area contributed by atoms with E-state index in [-0.39, 0.29) is 18.2 Å². The Balaban J connectivity index is 0.00000144. The van der Waals surface area contributed by atoms with Crippen molar-refractivity contribution in [1.29, 1.82) is 0 Å². The fourth-order valence-electron chi connectivity index (χ4n) is 2.30. The first kappa shape index (κ1) is 14.5. The average molecular weight is 258 g/mol. The minimum atomic E-state index is -0.100. The maximum Gasteiger partial charge on any atom is 0.127 e. The van der Waals surface area contributed by atoms with Crippen molar-refractivity contribution in [3.63, 3.8) is 0 Å². The summed E-state index contributed by atoms with van der Waals surface area (Å²) in [5.41, 5.74) is 2.36. The van der Waals surface area contributed by atoms with Crippen LogP contribution in [0.25, 0.3) is 0 Å². The Kier molecular flexibility index (Phi) is 4.96. The number of rotatable bonds is 4. The predicted molar refractivity (Wildman–Crippen MR) is 72.0 cm³/mol. The molecule has 1 N–H and O–H groups in total. The molecule has 0 aromatic heterocycles. The van der Waals surface area contributed by atoms with E-state index >= 15 is 0 Å². The van der Waals surface area contributed by atoms with Gasteiger partial charge < -0.3 is 5.32 Å². The van der Waals surface area contributed by atoms with Crippen molar-refractivity contribution in [3.05, 3.63) is 35.1 Å². The molecule has 0 atom stereocenters. The summed E-state index contributed by atoms with van der Waals surface area (Å²) in [5.74, 6) is -0.100. The molecule has 0 amide bonds. The summed E-state index contributed by atoms with van der Waals surface area (Å²) in [5, 5.41) is 3.37. The third-order valence-corrected chi connectivity index (χ3v) is 3.63.